The van der Waals surface area contributed by atoms with Crippen LogP contribution >= 0.6 is 23.2 Å². The Morgan fingerprint density at radius 3 is 2.77 bits per heavy atom. The van der Waals surface area contributed by atoms with Crippen LogP contribution in [0.1, 0.15) is 27.4 Å². The number of ether oxygens (including phenoxy) is 1. The number of amides is 1. The summed E-state index contributed by atoms with van der Waals surface area (Å²) in [5.74, 6) is 1.12. The van der Waals surface area contributed by atoms with Crippen LogP contribution in [-0.2, 0) is 13.2 Å². The number of benzene rings is 2. The van der Waals surface area contributed by atoms with Gasteiger partial charge >= 0.3 is 0 Å². The van der Waals surface area contributed by atoms with Gasteiger partial charge in [-0.25, -0.2) is 0 Å². The highest BCUT2D eigenvalue weighted by atomic mass is 35.5. The van der Waals surface area contributed by atoms with E-state index in [2.05, 4.69) is 10.4 Å². The van der Waals surface area contributed by atoms with Gasteiger partial charge in [-0.15, -0.1) is 0 Å². The number of halogens is 2. The molecule has 4 rings (SSSR count). The van der Waals surface area contributed by atoms with E-state index in [1.54, 1.807) is 41.3 Å². The molecule has 0 unspecified atom stereocenters. The van der Waals surface area contributed by atoms with Crippen molar-refractivity contribution in [2.75, 3.05) is 5.32 Å². The maximum Gasteiger partial charge on any atom is 0.291 e. The lowest BCUT2D eigenvalue weighted by Gasteiger charge is -2.08. The van der Waals surface area contributed by atoms with Gasteiger partial charge in [-0.1, -0.05) is 35.3 Å². The molecule has 6 nitrogen and oxygen atoms in total. The van der Waals surface area contributed by atoms with Crippen molar-refractivity contribution in [3.8, 4) is 5.75 Å². The zero-order valence-corrected chi connectivity index (χ0v) is 18.2. The second kappa shape index (κ2) is 9.29. The molecule has 0 bridgehead atoms. The van der Waals surface area contributed by atoms with E-state index in [1.165, 1.54) is 0 Å². The van der Waals surface area contributed by atoms with Crippen LogP contribution in [0.4, 0.5) is 5.69 Å². The molecule has 4 aromatic rings. The fourth-order valence-electron chi connectivity index (χ4n) is 3.05. The van der Waals surface area contributed by atoms with Crippen molar-refractivity contribution in [3.63, 3.8) is 0 Å². The van der Waals surface area contributed by atoms with Crippen molar-refractivity contribution in [2.24, 2.45) is 0 Å². The Morgan fingerprint density at radius 1 is 1.13 bits per heavy atom. The minimum Gasteiger partial charge on any atom is -0.485 e. The molecule has 0 saturated heterocycles. The average Bonchev–Trinajstić information content (AvgIpc) is 3.37. The van der Waals surface area contributed by atoms with E-state index < -0.39 is 0 Å². The third-order valence-electron chi connectivity index (χ3n) is 4.52. The molecule has 2 heterocycles. The van der Waals surface area contributed by atoms with Crippen molar-refractivity contribution in [1.29, 1.82) is 0 Å². The summed E-state index contributed by atoms with van der Waals surface area (Å²) in [5.41, 5.74) is 2.56. The zero-order chi connectivity index (χ0) is 21.8. The molecule has 1 N–H and O–H groups in total. The van der Waals surface area contributed by atoms with Crippen LogP contribution in [0, 0.1) is 6.92 Å². The second-order valence-electron chi connectivity index (χ2n) is 6.98. The minimum atomic E-state index is -0.340. The van der Waals surface area contributed by atoms with Crippen LogP contribution < -0.4 is 10.1 Å². The molecular weight excluding hydrogens is 437 g/mol. The van der Waals surface area contributed by atoms with E-state index in [-0.39, 0.29) is 18.3 Å². The number of rotatable bonds is 7. The van der Waals surface area contributed by atoms with Gasteiger partial charge in [0.05, 0.1) is 17.8 Å². The van der Waals surface area contributed by atoms with Crippen molar-refractivity contribution in [3.05, 3.63) is 99.7 Å². The van der Waals surface area contributed by atoms with Gasteiger partial charge in [-0.05, 0) is 60.5 Å². The maximum absolute atomic E-state index is 12.6. The van der Waals surface area contributed by atoms with Gasteiger partial charge in [-0.2, -0.15) is 5.10 Å². The zero-order valence-electron chi connectivity index (χ0n) is 16.6. The fourth-order valence-corrected chi connectivity index (χ4v) is 3.44. The van der Waals surface area contributed by atoms with Crippen LogP contribution in [-0.4, -0.2) is 15.7 Å². The Labute approximate surface area is 189 Å². The average molecular weight is 456 g/mol. The molecule has 8 heteroatoms. The van der Waals surface area contributed by atoms with E-state index in [1.807, 2.05) is 37.3 Å². The van der Waals surface area contributed by atoms with Gasteiger partial charge in [0.2, 0.25) is 0 Å². The number of aryl methyl sites for hydroxylation is 1. The largest absolute Gasteiger partial charge is 0.485 e. The molecule has 2 aromatic heterocycles. The van der Waals surface area contributed by atoms with Crippen molar-refractivity contribution < 1.29 is 13.9 Å². The SMILES string of the molecule is Cc1cc(Cl)ccc1OCc1ccc(C(=O)Nc2cccc(Cn3cc(Cl)cn3)c2)o1. The van der Waals surface area contributed by atoms with E-state index in [0.29, 0.717) is 33.8 Å². The number of aromatic nitrogens is 2. The monoisotopic (exact) mass is 455 g/mol. The van der Waals surface area contributed by atoms with E-state index in [0.717, 1.165) is 11.1 Å². The van der Waals surface area contributed by atoms with Crippen LogP contribution in [0.25, 0.3) is 0 Å². The van der Waals surface area contributed by atoms with Crippen molar-refractivity contribution >= 4 is 34.8 Å². The number of furan rings is 1. The summed E-state index contributed by atoms with van der Waals surface area (Å²) in [4.78, 5) is 12.6. The number of hydrogen-bond donors (Lipinski definition) is 1. The number of carbonyl (C=O) groups is 1. The van der Waals surface area contributed by atoms with Gasteiger partial charge < -0.3 is 14.5 Å². The number of carbonyl (C=O) groups excluding carboxylic acids is 1. The summed E-state index contributed by atoms with van der Waals surface area (Å²) >= 11 is 11.9. The van der Waals surface area contributed by atoms with Gasteiger partial charge in [0, 0.05) is 16.9 Å². The molecule has 0 aliphatic rings. The van der Waals surface area contributed by atoms with E-state index >= 15 is 0 Å². The summed E-state index contributed by atoms with van der Waals surface area (Å²) in [5, 5.41) is 8.24. The standard InChI is InChI=1S/C23H19Cl2N3O3/c1-15-9-17(24)5-7-21(15)30-14-20-6-8-22(31-20)23(29)27-19-4-2-3-16(10-19)12-28-13-18(25)11-26-28/h2-11,13H,12,14H2,1H3,(H,27,29). The Balaban J connectivity index is 1.37. The highest BCUT2D eigenvalue weighted by Crippen LogP contribution is 2.23. The maximum atomic E-state index is 12.6. The Morgan fingerprint density at radius 2 is 2.00 bits per heavy atom. The molecule has 0 aliphatic heterocycles. The van der Waals surface area contributed by atoms with Crippen molar-refractivity contribution in [2.45, 2.75) is 20.1 Å². The summed E-state index contributed by atoms with van der Waals surface area (Å²) in [6.45, 7) is 2.66. The second-order valence-corrected chi connectivity index (χ2v) is 7.85. The first kappa shape index (κ1) is 21.0. The molecule has 0 atom stereocenters. The molecule has 1 amide bonds. The van der Waals surface area contributed by atoms with Crippen molar-refractivity contribution in [1.82, 2.24) is 9.78 Å². The molecule has 0 radical (unpaired) electrons. The van der Waals surface area contributed by atoms with Crippen LogP contribution in [0.5, 0.6) is 5.75 Å². The number of hydrogen-bond acceptors (Lipinski definition) is 4. The third kappa shape index (κ3) is 5.48. The molecule has 0 fully saturated rings. The molecule has 0 saturated carbocycles. The van der Waals surface area contributed by atoms with Gasteiger partial charge in [-0.3, -0.25) is 9.48 Å². The quantitative estimate of drug-likeness (QED) is 0.372. The summed E-state index contributed by atoms with van der Waals surface area (Å²) < 4.78 is 13.1. The molecular formula is C23H19Cl2N3O3. The third-order valence-corrected chi connectivity index (χ3v) is 4.95. The number of nitrogens with one attached hydrogen (secondary N) is 1. The fraction of sp³-hybridized carbons (Fsp3) is 0.130. The lowest BCUT2D eigenvalue weighted by atomic mass is 10.2. The first-order valence-corrected chi connectivity index (χ1v) is 10.3. The highest BCUT2D eigenvalue weighted by molar-refractivity contribution is 6.30. The summed E-state index contributed by atoms with van der Waals surface area (Å²) in [7, 11) is 0. The predicted octanol–water partition coefficient (Wildman–Crippen LogP) is 5.97. The molecule has 31 heavy (non-hydrogen) atoms. The molecule has 0 spiro atoms. The van der Waals surface area contributed by atoms with E-state index in [9.17, 15) is 4.79 Å². The first-order valence-electron chi connectivity index (χ1n) is 9.52. The Bertz CT molecular complexity index is 1220. The number of nitrogens with zero attached hydrogens (tertiary/aromatic N) is 2. The molecule has 158 valence electrons. The first-order chi connectivity index (χ1) is 15.0. The lowest BCUT2D eigenvalue weighted by molar-refractivity contribution is 0.0992. The minimum absolute atomic E-state index is 0.204. The van der Waals surface area contributed by atoms with Gasteiger partial charge in [0.1, 0.15) is 18.1 Å². The topological polar surface area (TPSA) is 69.3 Å². The summed E-state index contributed by atoms with van der Waals surface area (Å²) in [6.07, 6.45) is 3.32. The van der Waals surface area contributed by atoms with E-state index in [4.69, 9.17) is 32.4 Å². The van der Waals surface area contributed by atoms with Gasteiger partial charge in [0.25, 0.3) is 5.91 Å². The lowest BCUT2D eigenvalue weighted by Crippen LogP contribution is -2.11. The van der Waals surface area contributed by atoms with Crippen LogP contribution in [0.3, 0.4) is 0 Å². The molecule has 0 aliphatic carbocycles. The van der Waals surface area contributed by atoms with Crippen LogP contribution in [0.15, 0.2) is 71.4 Å². The Hall–Kier alpha value is -3.22. The normalized spacial score (nSPS) is 10.8. The Kier molecular flexibility index (Phi) is 6.30. The smallest absolute Gasteiger partial charge is 0.291 e. The van der Waals surface area contributed by atoms with Gasteiger partial charge in [0.15, 0.2) is 5.76 Å². The summed E-state index contributed by atoms with van der Waals surface area (Å²) in [6, 6.07) is 16.2. The molecule has 2 aromatic carbocycles. The predicted molar refractivity (Wildman–Crippen MR) is 120 cm³/mol. The number of anilines is 1. The highest BCUT2D eigenvalue weighted by Gasteiger charge is 2.13. The van der Waals surface area contributed by atoms with Crippen LogP contribution in [0.2, 0.25) is 10.0 Å².